The van der Waals surface area contributed by atoms with Crippen LogP contribution in [0.3, 0.4) is 0 Å². The topological polar surface area (TPSA) is 76.7 Å². The molecule has 1 aromatic heterocycles. The van der Waals surface area contributed by atoms with Gasteiger partial charge < -0.3 is 9.47 Å². The largest absolute Gasteiger partial charge is 0.493 e. The van der Waals surface area contributed by atoms with Crippen molar-refractivity contribution in [2.75, 3.05) is 13.7 Å². The monoisotopic (exact) mass is 362 g/mol. The molecule has 0 saturated carbocycles. The van der Waals surface area contributed by atoms with Crippen molar-refractivity contribution >= 4 is 23.2 Å². The van der Waals surface area contributed by atoms with Gasteiger partial charge in [0.1, 0.15) is 0 Å². The summed E-state index contributed by atoms with van der Waals surface area (Å²) in [7, 11) is 1.52. The molecule has 0 bridgehead atoms. The first-order valence-corrected chi connectivity index (χ1v) is 8.89. The second-order valence-corrected chi connectivity index (χ2v) is 6.60. The number of hydrogen-bond donors (Lipinski definition) is 2. The number of hydrogen-bond acceptors (Lipinski definition) is 5. The Labute approximate surface area is 151 Å². The Balaban J connectivity index is 1.96. The molecule has 0 fully saturated rings. The van der Waals surface area contributed by atoms with E-state index >= 15 is 0 Å². The number of rotatable bonds is 7. The van der Waals surface area contributed by atoms with Crippen molar-refractivity contribution in [1.82, 2.24) is 10.9 Å². The number of methoxy groups -OCH3 is 1. The molecule has 1 heterocycles. The zero-order valence-electron chi connectivity index (χ0n) is 14.5. The van der Waals surface area contributed by atoms with Gasteiger partial charge in [0.15, 0.2) is 11.5 Å². The summed E-state index contributed by atoms with van der Waals surface area (Å²) in [4.78, 5) is 24.0. The summed E-state index contributed by atoms with van der Waals surface area (Å²) >= 11 is 1.41. The third kappa shape index (κ3) is 5.49. The Hall–Kier alpha value is -2.54. The van der Waals surface area contributed by atoms with Crippen molar-refractivity contribution < 1.29 is 19.1 Å². The number of nitrogens with one attached hydrogen (secondary N) is 2. The fourth-order valence-electron chi connectivity index (χ4n) is 1.98. The molecular weight excluding hydrogens is 340 g/mol. The second kappa shape index (κ2) is 9.08. The standard InChI is InChI=1S/C18H22N2O4S/c1-12(2)6-8-24-15-5-4-13(10-16(15)23-3)17(21)19-20-18(22)14-7-9-25-11-14/h4-5,7,9-12H,6,8H2,1-3H3,(H,19,21)(H,20,22). The minimum atomic E-state index is -0.435. The summed E-state index contributed by atoms with van der Waals surface area (Å²) in [6.45, 7) is 4.83. The molecule has 2 aromatic rings. The van der Waals surface area contributed by atoms with E-state index in [0.717, 1.165) is 6.42 Å². The van der Waals surface area contributed by atoms with Crippen LogP contribution in [0.15, 0.2) is 35.0 Å². The highest BCUT2D eigenvalue weighted by atomic mass is 32.1. The summed E-state index contributed by atoms with van der Waals surface area (Å²) in [6.07, 6.45) is 0.931. The minimum Gasteiger partial charge on any atom is -0.493 e. The van der Waals surface area contributed by atoms with Crippen LogP contribution in [0.1, 0.15) is 41.0 Å². The van der Waals surface area contributed by atoms with Gasteiger partial charge in [0, 0.05) is 10.9 Å². The molecule has 25 heavy (non-hydrogen) atoms. The highest BCUT2D eigenvalue weighted by molar-refractivity contribution is 7.08. The normalized spacial score (nSPS) is 10.4. The average molecular weight is 362 g/mol. The van der Waals surface area contributed by atoms with Crippen LogP contribution in [0.25, 0.3) is 0 Å². The van der Waals surface area contributed by atoms with Gasteiger partial charge in [0.2, 0.25) is 0 Å². The van der Waals surface area contributed by atoms with Crippen molar-refractivity contribution in [2.45, 2.75) is 20.3 Å². The molecule has 1 aromatic carbocycles. The van der Waals surface area contributed by atoms with Crippen molar-refractivity contribution in [3.8, 4) is 11.5 Å². The maximum Gasteiger partial charge on any atom is 0.270 e. The molecule has 0 aliphatic rings. The zero-order valence-corrected chi connectivity index (χ0v) is 15.3. The molecule has 134 valence electrons. The first-order valence-electron chi connectivity index (χ1n) is 7.95. The molecule has 2 N–H and O–H groups in total. The quantitative estimate of drug-likeness (QED) is 0.741. The van der Waals surface area contributed by atoms with Gasteiger partial charge in [-0.2, -0.15) is 11.3 Å². The number of carbonyl (C=O) groups excluding carboxylic acids is 2. The maximum atomic E-state index is 12.2. The van der Waals surface area contributed by atoms with Crippen molar-refractivity contribution in [3.63, 3.8) is 0 Å². The van der Waals surface area contributed by atoms with E-state index in [9.17, 15) is 9.59 Å². The van der Waals surface area contributed by atoms with Gasteiger partial charge in [-0.05, 0) is 42.0 Å². The molecule has 6 nitrogen and oxygen atoms in total. The van der Waals surface area contributed by atoms with Crippen LogP contribution < -0.4 is 20.3 Å². The van der Waals surface area contributed by atoms with Gasteiger partial charge in [-0.15, -0.1) is 0 Å². The van der Waals surface area contributed by atoms with Crippen molar-refractivity contribution in [2.24, 2.45) is 5.92 Å². The fraction of sp³-hybridized carbons (Fsp3) is 0.333. The second-order valence-electron chi connectivity index (χ2n) is 5.82. The lowest BCUT2D eigenvalue weighted by Crippen LogP contribution is -2.41. The van der Waals surface area contributed by atoms with E-state index < -0.39 is 5.91 Å². The lowest BCUT2D eigenvalue weighted by molar-refractivity contribution is 0.0846. The number of amides is 2. The molecule has 7 heteroatoms. The van der Waals surface area contributed by atoms with Gasteiger partial charge in [-0.25, -0.2) is 0 Å². The fourth-order valence-corrected chi connectivity index (χ4v) is 2.62. The first kappa shape index (κ1) is 18.8. The van der Waals surface area contributed by atoms with Crippen LogP contribution >= 0.6 is 11.3 Å². The summed E-state index contributed by atoms with van der Waals surface area (Å²) in [6, 6.07) is 6.57. The molecule has 0 spiro atoms. The van der Waals surface area contributed by atoms with Gasteiger partial charge >= 0.3 is 0 Å². The van der Waals surface area contributed by atoms with Crippen LogP contribution in [-0.2, 0) is 0 Å². The van der Waals surface area contributed by atoms with Crippen LogP contribution in [-0.4, -0.2) is 25.5 Å². The Morgan fingerprint density at radius 2 is 1.80 bits per heavy atom. The van der Waals surface area contributed by atoms with Gasteiger partial charge in [0.25, 0.3) is 11.8 Å². The number of thiophene rings is 1. The predicted molar refractivity (Wildman–Crippen MR) is 97.2 cm³/mol. The Morgan fingerprint density at radius 3 is 2.40 bits per heavy atom. The Morgan fingerprint density at radius 1 is 1.08 bits per heavy atom. The molecule has 0 radical (unpaired) electrons. The summed E-state index contributed by atoms with van der Waals surface area (Å²) in [5.41, 5.74) is 5.62. The SMILES string of the molecule is COc1cc(C(=O)NNC(=O)c2ccsc2)ccc1OCCC(C)C. The number of carbonyl (C=O) groups is 2. The number of hydrazine groups is 1. The van der Waals surface area contributed by atoms with Crippen molar-refractivity contribution in [3.05, 3.63) is 46.2 Å². The highest BCUT2D eigenvalue weighted by Crippen LogP contribution is 2.28. The Bertz CT molecular complexity index is 714. The molecule has 2 rings (SSSR count). The van der Waals surface area contributed by atoms with E-state index in [-0.39, 0.29) is 5.91 Å². The maximum absolute atomic E-state index is 12.2. The van der Waals surface area contributed by atoms with Crippen LogP contribution in [0.5, 0.6) is 11.5 Å². The Kier molecular flexibility index (Phi) is 6.82. The molecule has 0 aliphatic heterocycles. The average Bonchev–Trinajstić information content (AvgIpc) is 3.14. The van der Waals surface area contributed by atoms with E-state index in [1.54, 1.807) is 35.0 Å². The molecular formula is C18H22N2O4S. The van der Waals surface area contributed by atoms with Gasteiger partial charge in [0.05, 0.1) is 19.3 Å². The molecule has 0 saturated heterocycles. The molecule has 0 atom stereocenters. The first-order chi connectivity index (χ1) is 12.0. The third-order valence-corrected chi connectivity index (χ3v) is 4.13. The number of ether oxygens (including phenoxy) is 2. The molecule has 2 amide bonds. The predicted octanol–water partition coefficient (Wildman–Crippen LogP) is 3.26. The van der Waals surface area contributed by atoms with Crippen LogP contribution in [0.4, 0.5) is 0 Å². The van der Waals surface area contributed by atoms with E-state index in [4.69, 9.17) is 9.47 Å². The summed E-state index contributed by atoms with van der Waals surface area (Å²) in [5.74, 6) is 0.802. The lowest BCUT2D eigenvalue weighted by Gasteiger charge is -2.13. The van der Waals surface area contributed by atoms with Crippen LogP contribution in [0, 0.1) is 5.92 Å². The van der Waals surface area contributed by atoms with Crippen LogP contribution in [0.2, 0.25) is 0 Å². The smallest absolute Gasteiger partial charge is 0.270 e. The van der Waals surface area contributed by atoms with E-state index in [0.29, 0.717) is 35.2 Å². The molecule has 0 unspecified atom stereocenters. The minimum absolute atomic E-state index is 0.360. The third-order valence-electron chi connectivity index (χ3n) is 3.45. The van der Waals surface area contributed by atoms with E-state index in [1.165, 1.54) is 18.4 Å². The summed E-state index contributed by atoms with van der Waals surface area (Å²) in [5, 5.41) is 3.49. The zero-order chi connectivity index (χ0) is 18.2. The highest BCUT2D eigenvalue weighted by Gasteiger charge is 2.13. The van der Waals surface area contributed by atoms with E-state index in [2.05, 4.69) is 24.7 Å². The van der Waals surface area contributed by atoms with Gasteiger partial charge in [-0.1, -0.05) is 13.8 Å². The van der Waals surface area contributed by atoms with E-state index in [1.807, 2.05) is 0 Å². The summed E-state index contributed by atoms with van der Waals surface area (Å²) < 4.78 is 11.0. The van der Waals surface area contributed by atoms with Crippen molar-refractivity contribution in [1.29, 1.82) is 0 Å². The number of benzene rings is 1. The van der Waals surface area contributed by atoms with Gasteiger partial charge in [-0.3, -0.25) is 20.4 Å². The molecule has 0 aliphatic carbocycles. The lowest BCUT2D eigenvalue weighted by atomic mass is 10.1.